The summed E-state index contributed by atoms with van der Waals surface area (Å²) in [4.78, 5) is 21.6. The lowest BCUT2D eigenvalue weighted by atomic mass is 10.1. The summed E-state index contributed by atoms with van der Waals surface area (Å²) in [7, 11) is 0. The van der Waals surface area contributed by atoms with Gasteiger partial charge in [-0.25, -0.2) is 4.39 Å². The normalized spacial score (nSPS) is 20.0. The van der Waals surface area contributed by atoms with Gasteiger partial charge in [-0.15, -0.1) is 0 Å². The van der Waals surface area contributed by atoms with Crippen molar-refractivity contribution in [3.8, 4) is 0 Å². The van der Waals surface area contributed by atoms with Gasteiger partial charge in [-0.1, -0.05) is 6.07 Å². The second kappa shape index (κ2) is 7.41. The Hall–Kier alpha value is -2.47. The number of benzene rings is 1. The van der Waals surface area contributed by atoms with Gasteiger partial charge in [0, 0.05) is 37.6 Å². The Balaban J connectivity index is 1.46. The van der Waals surface area contributed by atoms with Crippen LogP contribution < -0.4 is 10.2 Å². The SMILES string of the molecule is O=C([C@@H]1CN(c2ccc(F)cc2)CCN1)N(Cc1ccccn1)C1CC1. The molecule has 1 aromatic carbocycles. The first-order chi connectivity index (χ1) is 12.7. The fourth-order valence-corrected chi connectivity index (χ4v) is 3.44. The van der Waals surface area contributed by atoms with E-state index in [4.69, 9.17) is 0 Å². The van der Waals surface area contributed by atoms with Crippen LogP contribution in [0.4, 0.5) is 10.1 Å². The van der Waals surface area contributed by atoms with E-state index in [1.807, 2.05) is 23.1 Å². The molecule has 1 atom stereocenters. The highest BCUT2D eigenvalue weighted by Crippen LogP contribution is 2.29. The minimum atomic E-state index is -0.252. The van der Waals surface area contributed by atoms with E-state index in [2.05, 4.69) is 15.2 Å². The number of anilines is 1. The van der Waals surface area contributed by atoms with Crippen molar-refractivity contribution in [2.24, 2.45) is 0 Å². The number of halogens is 1. The van der Waals surface area contributed by atoms with E-state index in [9.17, 15) is 9.18 Å². The van der Waals surface area contributed by atoms with Gasteiger partial charge in [-0.2, -0.15) is 0 Å². The molecule has 4 rings (SSSR count). The number of hydrogen-bond acceptors (Lipinski definition) is 4. The van der Waals surface area contributed by atoms with Crippen molar-refractivity contribution in [2.75, 3.05) is 24.5 Å². The van der Waals surface area contributed by atoms with Crippen molar-refractivity contribution in [1.82, 2.24) is 15.2 Å². The van der Waals surface area contributed by atoms with Gasteiger partial charge < -0.3 is 15.1 Å². The summed E-state index contributed by atoms with van der Waals surface area (Å²) < 4.78 is 13.2. The van der Waals surface area contributed by atoms with Gasteiger partial charge in [0.1, 0.15) is 11.9 Å². The summed E-state index contributed by atoms with van der Waals surface area (Å²) in [5, 5.41) is 3.35. The first-order valence-electron chi connectivity index (χ1n) is 9.15. The zero-order valence-electron chi connectivity index (χ0n) is 14.6. The maximum absolute atomic E-state index is 13.2. The van der Waals surface area contributed by atoms with Crippen LogP contribution in [-0.4, -0.2) is 47.5 Å². The largest absolute Gasteiger partial charge is 0.368 e. The number of piperazine rings is 1. The lowest BCUT2D eigenvalue weighted by Crippen LogP contribution is -2.58. The molecule has 1 N–H and O–H groups in total. The first kappa shape index (κ1) is 17.0. The summed E-state index contributed by atoms with van der Waals surface area (Å²) in [5.74, 6) is -0.114. The van der Waals surface area contributed by atoms with E-state index in [1.54, 1.807) is 18.3 Å². The van der Waals surface area contributed by atoms with Gasteiger partial charge in [-0.05, 0) is 49.2 Å². The quantitative estimate of drug-likeness (QED) is 0.894. The molecule has 0 radical (unpaired) electrons. The molecule has 0 spiro atoms. The van der Waals surface area contributed by atoms with E-state index in [-0.39, 0.29) is 17.8 Å². The fraction of sp³-hybridized carbons (Fsp3) is 0.400. The van der Waals surface area contributed by atoms with E-state index in [0.29, 0.717) is 19.1 Å². The number of aromatic nitrogens is 1. The van der Waals surface area contributed by atoms with Gasteiger partial charge in [0.15, 0.2) is 0 Å². The summed E-state index contributed by atoms with van der Waals surface area (Å²) in [6, 6.07) is 12.3. The monoisotopic (exact) mass is 354 g/mol. The molecule has 0 unspecified atom stereocenters. The topological polar surface area (TPSA) is 48.5 Å². The Morgan fingerprint density at radius 2 is 2.04 bits per heavy atom. The highest BCUT2D eigenvalue weighted by molar-refractivity contribution is 5.83. The number of carbonyl (C=O) groups excluding carboxylic acids is 1. The molecular weight excluding hydrogens is 331 g/mol. The van der Waals surface area contributed by atoms with E-state index >= 15 is 0 Å². The summed E-state index contributed by atoms with van der Waals surface area (Å²) in [6.45, 7) is 2.68. The minimum absolute atomic E-state index is 0.130. The Morgan fingerprint density at radius 1 is 1.23 bits per heavy atom. The van der Waals surface area contributed by atoms with Crippen LogP contribution in [0.1, 0.15) is 18.5 Å². The fourth-order valence-electron chi connectivity index (χ4n) is 3.44. The molecule has 1 saturated carbocycles. The van der Waals surface area contributed by atoms with Crippen LogP contribution in [-0.2, 0) is 11.3 Å². The van der Waals surface area contributed by atoms with Gasteiger partial charge in [0.2, 0.25) is 5.91 Å². The van der Waals surface area contributed by atoms with Crippen LogP contribution in [0.15, 0.2) is 48.7 Å². The van der Waals surface area contributed by atoms with Crippen molar-refractivity contribution < 1.29 is 9.18 Å². The Bertz CT molecular complexity index is 748. The van der Waals surface area contributed by atoms with Crippen LogP contribution in [0.25, 0.3) is 0 Å². The van der Waals surface area contributed by atoms with E-state index in [1.165, 1.54) is 12.1 Å². The van der Waals surface area contributed by atoms with E-state index < -0.39 is 0 Å². The average molecular weight is 354 g/mol. The highest BCUT2D eigenvalue weighted by atomic mass is 19.1. The molecule has 136 valence electrons. The smallest absolute Gasteiger partial charge is 0.242 e. The van der Waals surface area contributed by atoms with Gasteiger partial charge in [0.05, 0.1) is 12.2 Å². The van der Waals surface area contributed by atoms with Gasteiger partial charge in [-0.3, -0.25) is 9.78 Å². The molecule has 2 heterocycles. The third-order valence-corrected chi connectivity index (χ3v) is 4.99. The van der Waals surface area contributed by atoms with Crippen LogP contribution >= 0.6 is 0 Å². The molecule has 2 aromatic rings. The van der Waals surface area contributed by atoms with Crippen LogP contribution in [0.3, 0.4) is 0 Å². The summed E-state index contributed by atoms with van der Waals surface area (Å²) in [6.07, 6.45) is 3.89. The molecule has 1 amide bonds. The first-order valence-corrected chi connectivity index (χ1v) is 9.15. The maximum Gasteiger partial charge on any atom is 0.242 e. The zero-order chi connectivity index (χ0) is 17.9. The van der Waals surface area contributed by atoms with Crippen LogP contribution in [0, 0.1) is 5.82 Å². The maximum atomic E-state index is 13.2. The van der Waals surface area contributed by atoms with Crippen molar-refractivity contribution in [2.45, 2.75) is 31.5 Å². The van der Waals surface area contributed by atoms with Gasteiger partial charge >= 0.3 is 0 Å². The molecule has 2 fully saturated rings. The number of pyridine rings is 1. The highest BCUT2D eigenvalue weighted by Gasteiger charge is 2.37. The van der Waals surface area contributed by atoms with Crippen molar-refractivity contribution in [3.05, 3.63) is 60.2 Å². The molecule has 5 nitrogen and oxygen atoms in total. The molecular formula is C20H23FN4O. The van der Waals surface area contributed by atoms with Gasteiger partial charge in [0.25, 0.3) is 0 Å². The number of nitrogens with zero attached hydrogens (tertiary/aromatic N) is 3. The Kier molecular flexibility index (Phi) is 4.84. The number of rotatable bonds is 5. The molecule has 0 bridgehead atoms. The minimum Gasteiger partial charge on any atom is -0.368 e. The lowest BCUT2D eigenvalue weighted by molar-refractivity contribution is -0.134. The molecule has 1 saturated heterocycles. The standard InChI is InChI=1S/C20H23FN4O/c21-15-4-6-17(7-5-15)24-12-11-23-19(14-24)20(26)25(18-8-9-18)13-16-3-1-2-10-22-16/h1-7,10,18-19,23H,8-9,11-14H2/t19-/m0/s1. The second-order valence-electron chi connectivity index (χ2n) is 6.95. The molecule has 1 aliphatic heterocycles. The van der Waals surface area contributed by atoms with Crippen molar-refractivity contribution in [3.63, 3.8) is 0 Å². The lowest BCUT2D eigenvalue weighted by Gasteiger charge is -2.37. The number of carbonyl (C=O) groups is 1. The third kappa shape index (κ3) is 3.85. The van der Waals surface area contributed by atoms with Crippen molar-refractivity contribution >= 4 is 11.6 Å². The number of amides is 1. The Morgan fingerprint density at radius 3 is 2.73 bits per heavy atom. The van der Waals surface area contributed by atoms with Crippen LogP contribution in [0.5, 0.6) is 0 Å². The zero-order valence-corrected chi connectivity index (χ0v) is 14.6. The summed E-state index contributed by atoms with van der Waals surface area (Å²) in [5.41, 5.74) is 1.87. The Labute approximate surface area is 152 Å². The third-order valence-electron chi connectivity index (χ3n) is 4.99. The molecule has 1 aromatic heterocycles. The number of hydrogen-bond donors (Lipinski definition) is 1. The van der Waals surface area contributed by atoms with Crippen LogP contribution in [0.2, 0.25) is 0 Å². The van der Waals surface area contributed by atoms with E-state index in [0.717, 1.165) is 37.3 Å². The summed E-state index contributed by atoms with van der Waals surface area (Å²) >= 11 is 0. The predicted molar refractivity (Wildman–Crippen MR) is 98.2 cm³/mol. The van der Waals surface area contributed by atoms with Crippen molar-refractivity contribution in [1.29, 1.82) is 0 Å². The second-order valence-corrected chi connectivity index (χ2v) is 6.95. The molecule has 6 heteroatoms. The number of nitrogens with one attached hydrogen (secondary N) is 1. The molecule has 26 heavy (non-hydrogen) atoms. The molecule has 2 aliphatic rings. The molecule has 1 aliphatic carbocycles. The predicted octanol–water partition coefficient (Wildman–Crippen LogP) is 2.19. The average Bonchev–Trinajstić information content (AvgIpc) is 3.52.